The quantitative estimate of drug-likeness (QED) is 0.160. The molecule has 1 rings (SSSR count). The van der Waals surface area contributed by atoms with Gasteiger partial charge in [-0.3, -0.25) is 9.59 Å². The van der Waals surface area contributed by atoms with Gasteiger partial charge in [0.1, 0.15) is 0 Å². The molecule has 0 spiro atoms. The summed E-state index contributed by atoms with van der Waals surface area (Å²) in [5, 5.41) is 12.2. The highest BCUT2D eigenvalue weighted by atomic mass is 32.2. The standard InChI is InChI=1S/C29H47NO3S/c1-8-9-10-11-12-13-14-15-26(31)30-23(17-19-27(32)33)21-34-25-18-16-22(28(2,3)4)20-24(25)29(5,6)7/h13-14,16,18,20,23H,8-12,15,17,19,21H2,1-7H3,(H,30,31)(H,32,33)/b14-13+. The summed E-state index contributed by atoms with van der Waals surface area (Å²) in [6, 6.07) is 6.50. The van der Waals surface area contributed by atoms with Crippen molar-refractivity contribution in [2.24, 2.45) is 0 Å². The van der Waals surface area contributed by atoms with Crippen LogP contribution in [0.5, 0.6) is 0 Å². The van der Waals surface area contributed by atoms with Crippen LogP contribution < -0.4 is 5.32 Å². The number of unbranched alkanes of at least 4 members (excludes halogenated alkanes) is 4. The Morgan fingerprint density at radius 3 is 2.32 bits per heavy atom. The lowest BCUT2D eigenvalue weighted by Gasteiger charge is -2.28. The number of carboxylic acids is 1. The Hall–Kier alpha value is -1.75. The highest BCUT2D eigenvalue weighted by molar-refractivity contribution is 7.99. The molecule has 0 saturated carbocycles. The molecule has 1 aromatic rings. The summed E-state index contributed by atoms with van der Waals surface area (Å²) in [5.74, 6) is -0.224. The second-order valence-corrected chi connectivity index (χ2v) is 12.3. The number of hydrogen-bond acceptors (Lipinski definition) is 3. The number of carboxylic acid groups (broad SMARTS) is 1. The van der Waals surface area contributed by atoms with Crippen LogP contribution in [0.3, 0.4) is 0 Å². The normalized spacial score (nSPS) is 13.3. The number of thioether (sulfide) groups is 1. The van der Waals surface area contributed by atoms with Gasteiger partial charge < -0.3 is 10.4 Å². The number of allylic oxidation sites excluding steroid dienone is 1. The van der Waals surface area contributed by atoms with Crippen molar-refractivity contribution in [2.45, 2.75) is 122 Å². The first kappa shape index (κ1) is 30.3. The minimum atomic E-state index is -0.832. The lowest BCUT2D eigenvalue weighted by molar-refractivity contribution is -0.137. The molecule has 0 aliphatic carbocycles. The molecule has 4 nitrogen and oxygen atoms in total. The maximum Gasteiger partial charge on any atom is 0.303 e. The number of carbonyl (C=O) groups is 2. The van der Waals surface area contributed by atoms with Gasteiger partial charge in [0, 0.05) is 29.5 Å². The highest BCUT2D eigenvalue weighted by Crippen LogP contribution is 2.36. The molecule has 0 fully saturated rings. The number of nitrogens with one attached hydrogen (secondary N) is 1. The molecule has 2 N–H and O–H groups in total. The van der Waals surface area contributed by atoms with Gasteiger partial charge in [-0.05, 0) is 47.3 Å². The molecular weight excluding hydrogens is 442 g/mol. The third-order valence-corrected chi connectivity index (χ3v) is 7.10. The first-order valence-electron chi connectivity index (χ1n) is 12.8. The van der Waals surface area contributed by atoms with Crippen LogP contribution in [0.15, 0.2) is 35.2 Å². The lowest BCUT2D eigenvalue weighted by Crippen LogP contribution is -2.36. The molecular formula is C29H47NO3S. The van der Waals surface area contributed by atoms with E-state index in [9.17, 15) is 14.7 Å². The maximum atomic E-state index is 12.5. The van der Waals surface area contributed by atoms with Crippen LogP contribution in [-0.2, 0) is 20.4 Å². The summed E-state index contributed by atoms with van der Waals surface area (Å²) in [7, 11) is 0. The SMILES string of the molecule is CCCCCC/C=C/CC(=O)NC(CCC(=O)O)CSc1ccc(C(C)(C)C)cc1C(C)(C)C. The summed E-state index contributed by atoms with van der Waals surface area (Å²) < 4.78 is 0. The topological polar surface area (TPSA) is 66.4 Å². The fourth-order valence-electron chi connectivity index (χ4n) is 3.68. The van der Waals surface area contributed by atoms with Gasteiger partial charge in [0.25, 0.3) is 0 Å². The number of rotatable bonds is 14. The smallest absolute Gasteiger partial charge is 0.303 e. The summed E-state index contributed by atoms with van der Waals surface area (Å²) in [6.07, 6.45) is 10.7. The van der Waals surface area contributed by atoms with Gasteiger partial charge >= 0.3 is 5.97 Å². The minimum Gasteiger partial charge on any atom is -0.481 e. The van der Waals surface area contributed by atoms with Gasteiger partial charge in [-0.25, -0.2) is 0 Å². The van der Waals surface area contributed by atoms with Crippen LogP contribution in [0, 0.1) is 0 Å². The van der Waals surface area contributed by atoms with Crippen LogP contribution >= 0.6 is 11.8 Å². The molecule has 0 aromatic heterocycles. The van der Waals surface area contributed by atoms with Gasteiger partial charge in [0.05, 0.1) is 0 Å². The first-order valence-corrected chi connectivity index (χ1v) is 13.8. The van der Waals surface area contributed by atoms with Crippen molar-refractivity contribution < 1.29 is 14.7 Å². The number of carbonyl (C=O) groups excluding carboxylic acids is 1. The van der Waals surface area contributed by atoms with Crippen LogP contribution in [-0.4, -0.2) is 28.8 Å². The van der Waals surface area contributed by atoms with E-state index in [0.717, 1.165) is 12.8 Å². The van der Waals surface area contributed by atoms with Crippen LogP contribution in [0.4, 0.5) is 0 Å². The summed E-state index contributed by atoms with van der Waals surface area (Å²) in [6.45, 7) is 15.5. The predicted molar refractivity (Wildman–Crippen MR) is 146 cm³/mol. The molecule has 0 aliphatic rings. The van der Waals surface area contributed by atoms with E-state index < -0.39 is 5.97 Å². The van der Waals surface area contributed by atoms with Crippen molar-refractivity contribution in [3.8, 4) is 0 Å². The average molecular weight is 490 g/mol. The first-order chi connectivity index (χ1) is 15.8. The molecule has 0 heterocycles. The second-order valence-electron chi connectivity index (χ2n) is 11.2. The average Bonchev–Trinajstić information content (AvgIpc) is 2.73. The Labute approximate surface area is 212 Å². The fraction of sp³-hybridized carbons (Fsp3) is 0.655. The molecule has 0 radical (unpaired) electrons. The van der Waals surface area contributed by atoms with Gasteiger partial charge in [-0.1, -0.05) is 92.0 Å². The molecule has 1 aromatic carbocycles. The monoisotopic (exact) mass is 489 g/mol. The second kappa shape index (κ2) is 14.6. The Bertz CT molecular complexity index is 803. The zero-order valence-electron chi connectivity index (χ0n) is 22.5. The fourth-order valence-corrected chi connectivity index (χ4v) is 4.99. The van der Waals surface area contributed by atoms with E-state index in [4.69, 9.17) is 0 Å². The number of hydrogen-bond donors (Lipinski definition) is 2. The Morgan fingerprint density at radius 1 is 1.03 bits per heavy atom. The van der Waals surface area contributed by atoms with Crippen molar-refractivity contribution in [3.05, 3.63) is 41.5 Å². The van der Waals surface area contributed by atoms with Crippen molar-refractivity contribution in [2.75, 3.05) is 5.75 Å². The van der Waals surface area contributed by atoms with Gasteiger partial charge in [0.2, 0.25) is 5.91 Å². The Kier molecular flexibility index (Phi) is 13.0. The molecule has 0 aliphatic heterocycles. The molecule has 0 bridgehead atoms. The van der Waals surface area contributed by atoms with Gasteiger partial charge in [-0.2, -0.15) is 0 Å². The zero-order valence-corrected chi connectivity index (χ0v) is 23.3. The molecule has 0 saturated heterocycles. The van der Waals surface area contributed by atoms with E-state index in [2.05, 4.69) is 78.1 Å². The summed E-state index contributed by atoms with van der Waals surface area (Å²) in [4.78, 5) is 24.9. The largest absolute Gasteiger partial charge is 0.481 e. The van der Waals surface area contributed by atoms with E-state index in [-0.39, 0.29) is 29.2 Å². The lowest BCUT2D eigenvalue weighted by atomic mass is 9.81. The molecule has 1 amide bonds. The van der Waals surface area contributed by atoms with E-state index in [1.165, 1.54) is 35.3 Å². The molecule has 34 heavy (non-hydrogen) atoms. The number of amides is 1. The van der Waals surface area contributed by atoms with Gasteiger partial charge in [0.15, 0.2) is 0 Å². The molecule has 1 atom stereocenters. The van der Waals surface area contributed by atoms with Crippen molar-refractivity contribution in [1.82, 2.24) is 5.32 Å². The van der Waals surface area contributed by atoms with E-state index in [1.807, 2.05) is 6.08 Å². The predicted octanol–water partition coefficient (Wildman–Crippen LogP) is 7.64. The van der Waals surface area contributed by atoms with E-state index in [0.29, 0.717) is 18.6 Å². The highest BCUT2D eigenvalue weighted by Gasteiger charge is 2.23. The molecule has 192 valence electrons. The van der Waals surface area contributed by atoms with E-state index in [1.54, 1.807) is 11.8 Å². The minimum absolute atomic E-state index is 0.00861. The summed E-state index contributed by atoms with van der Waals surface area (Å²) in [5.41, 5.74) is 2.66. The van der Waals surface area contributed by atoms with Crippen LogP contribution in [0.25, 0.3) is 0 Å². The third-order valence-electron chi connectivity index (χ3n) is 5.86. The molecule has 1 unspecified atom stereocenters. The maximum absolute atomic E-state index is 12.5. The van der Waals surface area contributed by atoms with Gasteiger partial charge in [-0.15, -0.1) is 11.8 Å². The number of aliphatic carboxylic acids is 1. The Balaban J connectivity index is 2.82. The molecule has 5 heteroatoms. The summed E-state index contributed by atoms with van der Waals surface area (Å²) >= 11 is 1.71. The van der Waals surface area contributed by atoms with E-state index >= 15 is 0 Å². The van der Waals surface area contributed by atoms with Crippen LogP contribution in [0.2, 0.25) is 0 Å². The van der Waals surface area contributed by atoms with Crippen molar-refractivity contribution >= 4 is 23.6 Å². The zero-order chi connectivity index (χ0) is 25.8. The Morgan fingerprint density at radius 2 is 1.74 bits per heavy atom. The van der Waals surface area contributed by atoms with Crippen LogP contribution in [0.1, 0.15) is 111 Å². The third kappa shape index (κ3) is 12.1. The van der Waals surface area contributed by atoms with Crippen molar-refractivity contribution in [3.63, 3.8) is 0 Å². The number of benzene rings is 1. The van der Waals surface area contributed by atoms with Crippen molar-refractivity contribution in [1.29, 1.82) is 0 Å².